The predicted octanol–water partition coefficient (Wildman–Crippen LogP) is 3.68. The van der Waals surface area contributed by atoms with Gasteiger partial charge in [-0.05, 0) is 31.7 Å². The molecular formula is C16H29N3O. The molecular weight excluding hydrogens is 250 g/mol. The molecule has 2 rings (SSSR count). The van der Waals surface area contributed by atoms with E-state index in [2.05, 4.69) is 36.2 Å². The highest BCUT2D eigenvalue weighted by molar-refractivity contribution is 5.01. The van der Waals surface area contributed by atoms with E-state index in [1.807, 2.05) is 0 Å². The highest BCUT2D eigenvalue weighted by Crippen LogP contribution is 2.31. The molecule has 0 bridgehead atoms. The molecule has 20 heavy (non-hydrogen) atoms. The van der Waals surface area contributed by atoms with Crippen LogP contribution in [0.3, 0.4) is 0 Å². The minimum atomic E-state index is 0.400. The Kier molecular flexibility index (Phi) is 6.02. The summed E-state index contributed by atoms with van der Waals surface area (Å²) in [4.78, 5) is 4.66. The molecule has 4 heteroatoms. The van der Waals surface area contributed by atoms with Gasteiger partial charge in [-0.15, -0.1) is 0 Å². The predicted molar refractivity (Wildman–Crippen MR) is 80.7 cm³/mol. The standard InChI is InChI=1S/C16H29N3O/c1-4-10-17-14-9-7-5-6-8-13(14)16-18-15(19-20-16)11-12(2)3/h12-14,17H,4-11H2,1-3H3. The van der Waals surface area contributed by atoms with E-state index in [9.17, 15) is 0 Å². The average Bonchev–Trinajstić information content (AvgIpc) is 2.73. The molecule has 1 fully saturated rings. The Hall–Kier alpha value is -0.900. The van der Waals surface area contributed by atoms with Crippen LogP contribution in [0.2, 0.25) is 0 Å². The lowest BCUT2D eigenvalue weighted by Crippen LogP contribution is -2.35. The van der Waals surface area contributed by atoms with E-state index < -0.39 is 0 Å². The Bertz CT molecular complexity index is 389. The summed E-state index contributed by atoms with van der Waals surface area (Å²) in [6.07, 6.45) is 8.39. The molecule has 1 heterocycles. The fraction of sp³-hybridized carbons (Fsp3) is 0.875. The quantitative estimate of drug-likeness (QED) is 0.807. The smallest absolute Gasteiger partial charge is 0.231 e. The van der Waals surface area contributed by atoms with Gasteiger partial charge in [0.1, 0.15) is 0 Å². The zero-order valence-electron chi connectivity index (χ0n) is 13.2. The average molecular weight is 279 g/mol. The Labute approximate surface area is 122 Å². The van der Waals surface area contributed by atoms with Crippen molar-refractivity contribution in [3.63, 3.8) is 0 Å². The molecule has 0 saturated heterocycles. The van der Waals surface area contributed by atoms with Gasteiger partial charge in [0.15, 0.2) is 5.82 Å². The SMILES string of the molecule is CCCNC1CCCCCC1c1nc(CC(C)C)no1. The van der Waals surface area contributed by atoms with E-state index in [0.29, 0.717) is 17.9 Å². The van der Waals surface area contributed by atoms with Crippen LogP contribution in [-0.2, 0) is 6.42 Å². The maximum absolute atomic E-state index is 5.57. The van der Waals surface area contributed by atoms with Crippen LogP contribution in [0, 0.1) is 5.92 Å². The van der Waals surface area contributed by atoms with E-state index in [1.54, 1.807) is 0 Å². The van der Waals surface area contributed by atoms with Crippen LogP contribution < -0.4 is 5.32 Å². The normalized spacial score (nSPS) is 24.0. The molecule has 114 valence electrons. The van der Waals surface area contributed by atoms with Gasteiger partial charge < -0.3 is 9.84 Å². The van der Waals surface area contributed by atoms with Gasteiger partial charge >= 0.3 is 0 Å². The molecule has 0 radical (unpaired) electrons. The summed E-state index contributed by atoms with van der Waals surface area (Å²) >= 11 is 0. The maximum Gasteiger partial charge on any atom is 0.231 e. The molecule has 0 aromatic carbocycles. The van der Waals surface area contributed by atoms with Crippen LogP contribution >= 0.6 is 0 Å². The van der Waals surface area contributed by atoms with Crippen molar-refractivity contribution >= 4 is 0 Å². The molecule has 1 aromatic rings. The molecule has 0 amide bonds. The van der Waals surface area contributed by atoms with E-state index in [-0.39, 0.29) is 0 Å². The fourth-order valence-electron chi connectivity index (χ4n) is 3.04. The van der Waals surface area contributed by atoms with Crippen LogP contribution in [-0.4, -0.2) is 22.7 Å². The van der Waals surface area contributed by atoms with Crippen LogP contribution in [0.1, 0.15) is 76.9 Å². The first-order valence-corrected chi connectivity index (χ1v) is 8.26. The monoisotopic (exact) mass is 279 g/mol. The van der Waals surface area contributed by atoms with Crippen molar-refractivity contribution in [2.75, 3.05) is 6.54 Å². The lowest BCUT2D eigenvalue weighted by Gasteiger charge is -2.23. The van der Waals surface area contributed by atoms with Gasteiger partial charge in [-0.2, -0.15) is 4.98 Å². The van der Waals surface area contributed by atoms with E-state index in [4.69, 9.17) is 4.52 Å². The van der Waals surface area contributed by atoms with Gasteiger partial charge in [-0.3, -0.25) is 0 Å². The zero-order valence-corrected chi connectivity index (χ0v) is 13.2. The summed E-state index contributed by atoms with van der Waals surface area (Å²) in [6, 6.07) is 0.504. The van der Waals surface area contributed by atoms with Gasteiger partial charge in [0.2, 0.25) is 5.89 Å². The van der Waals surface area contributed by atoms with Crippen molar-refractivity contribution in [2.45, 2.75) is 77.7 Å². The highest BCUT2D eigenvalue weighted by Gasteiger charge is 2.29. The summed E-state index contributed by atoms with van der Waals surface area (Å²) in [7, 11) is 0. The lowest BCUT2D eigenvalue weighted by atomic mass is 9.94. The molecule has 0 spiro atoms. The number of hydrogen-bond donors (Lipinski definition) is 1. The van der Waals surface area contributed by atoms with Crippen molar-refractivity contribution in [2.24, 2.45) is 5.92 Å². The van der Waals surface area contributed by atoms with Crippen LogP contribution in [0.4, 0.5) is 0 Å². The minimum absolute atomic E-state index is 0.400. The van der Waals surface area contributed by atoms with E-state index in [0.717, 1.165) is 24.7 Å². The minimum Gasteiger partial charge on any atom is -0.339 e. The highest BCUT2D eigenvalue weighted by atomic mass is 16.5. The molecule has 0 aliphatic heterocycles. The third kappa shape index (κ3) is 4.30. The number of hydrogen-bond acceptors (Lipinski definition) is 4. The van der Waals surface area contributed by atoms with E-state index in [1.165, 1.54) is 38.5 Å². The third-order valence-electron chi connectivity index (χ3n) is 4.06. The lowest BCUT2D eigenvalue weighted by molar-refractivity contribution is 0.302. The summed E-state index contributed by atoms with van der Waals surface area (Å²) in [6.45, 7) is 7.67. The Morgan fingerprint density at radius 1 is 1.25 bits per heavy atom. The summed E-state index contributed by atoms with van der Waals surface area (Å²) in [5, 5.41) is 7.85. The van der Waals surface area contributed by atoms with Crippen molar-refractivity contribution < 1.29 is 4.52 Å². The topological polar surface area (TPSA) is 51.0 Å². The molecule has 4 nitrogen and oxygen atoms in total. The van der Waals surface area contributed by atoms with Crippen molar-refractivity contribution in [1.29, 1.82) is 0 Å². The number of nitrogens with one attached hydrogen (secondary N) is 1. The Morgan fingerprint density at radius 3 is 2.80 bits per heavy atom. The first kappa shape index (κ1) is 15.5. The summed E-state index contributed by atoms with van der Waals surface area (Å²) < 4.78 is 5.57. The van der Waals surface area contributed by atoms with Crippen molar-refractivity contribution in [3.05, 3.63) is 11.7 Å². The van der Waals surface area contributed by atoms with Crippen LogP contribution in [0.15, 0.2) is 4.52 Å². The second-order valence-corrected chi connectivity index (χ2v) is 6.45. The Morgan fingerprint density at radius 2 is 2.05 bits per heavy atom. The molecule has 1 aliphatic carbocycles. The molecule has 2 atom stereocenters. The number of aromatic nitrogens is 2. The van der Waals surface area contributed by atoms with Gasteiger partial charge in [-0.1, -0.05) is 45.2 Å². The van der Waals surface area contributed by atoms with Crippen LogP contribution in [0.25, 0.3) is 0 Å². The maximum atomic E-state index is 5.57. The summed E-state index contributed by atoms with van der Waals surface area (Å²) in [5.74, 6) is 2.70. The van der Waals surface area contributed by atoms with Gasteiger partial charge in [0.25, 0.3) is 0 Å². The first-order valence-electron chi connectivity index (χ1n) is 8.26. The molecule has 2 unspecified atom stereocenters. The summed E-state index contributed by atoms with van der Waals surface area (Å²) in [5.41, 5.74) is 0. The first-order chi connectivity index (χ1) is 9.70. The largest absolute Gasteiger partial charge is 0.339 e. The second-order valence-electron chi connectivity index (χ2n) is 6.45. The van der Waals surface area contributed by atoms with Gasteiger partial charge in [0, 0.05) is 12.5 Å². The molecule has 1 aliphatic rings. The third-order valence-corrected chi connectivity index (χ3v) is 4.06. The van der Waals surface area contributed by atoms with Crippen LogP contribution in [0.5, 0.6) is 0 Å². The second kappa shape index (κ2) is 7.77. The van der Waals surface area contributed by atoms with Gasteiger partial charge in [-0.25, -0.2) is 0 Å². The van der Waals surface area contributed by atoms with E-state index >= 15 is 0 Å². The fourth-order valence-corrected chi connectivity index (χ4v) is 3.04. The number of rotatable bonds is 6. The molecule has 1 saturated carbocycles. The van der Waals surface area contributed by atoms with Crippen molar-refractivity contribution in [3.8, 4) is 0 Å². The van der Waals surface area contributed by atoms with Crippen molar-refractivity contribution in [1.82, 2.24) is 15.5 Å². The number of nitrogens with zero attached hydrogens (tertiary/aromatic N) is 2. The Balaban J connectivity index is 2.06. The zero-order chi connectivity index (χ0) is 14.4. The van der Waals surface area contributed by atoms with Gasteiger partial charge in [0.05, 0.1) is 5.92 Å². The molecule has 1 aromatic heterocycles. The molecule has 1 N–H and O–H groups in total.